The number of amides is 1. The zero-order valence-electron chi connectivity index (χ0n) is 15.7. The predicted octanol–water partition coefficient (Wildman–Crippen LogP) is 3.85. The molecule has 1 saturated carbocycles. The highest BCUT2D eigenvalue weighted by Gasteiger charge is 2.32. The summed E-state index contributed by atoms with van der Waals surface area (Å²) in [7, 11) is 0. The summed E-state index contributed by atoms with van der Waals surface area (Å²) in [4.78, 5) is 25.1. The molecule has 1 aromatic carbocycles. The summed E-state index contributed by atoms with van der Waals surface area (Å²) in [6.07, 6.45) is 4.49. The Morgan fingerprint density at radius 2 is 1.85 bits per heavy atom. The van der Waals surface area contributed by atoms with Crippen molar-refractivity contribution >= 4 is 23.5 Å². The molecule has 1 aliphatic carbocycles. The van der Waals surface area contributed by atoms with Crippen LogP contribution < -0.4 is 15.6 Å². The van der Waals surface area contributed by atoms with E-state index in [1.165, 1.54) is 11.8 Å². The maximum absolute atomic E-state index is 12.8. The van der Waals surface area contributed by atoms with Gasteiger partial charge in [0.15, 0.2) is 0 Å². The lowest BCUT2D eigenvalue weighted by molar-refractivity contribution is -0.113. The SMILES string of the molecule is CC(C)Oc1ccc([C@H]2SCC(=O)Nc3c2c(=O)[nH]n3C2CCCC2)cc1. The Morgan fingerprint density at radius 3 is 2.52 bits per heavy atom. The van der Waals surface area contributed by atoms with Gasteiger partial charge in [-0.05, 0) is 44.4 Å². The van der Waals surface area contributed by atoms with E-state index in [-0.39, 0.29) is 28.9 Å². The monoisotopic (exact) mass is 387 g/mol. The number of aromatic nitrogens is 2. The van der Waals surface area contributed by atoms with Gasteiger partial charge in [-0.2, -0.15) is 0 Å². The first-order chi connectivity index (χ1) is 13.0. The second-order valence-electron chi connectivity index (χ2n) is 7.49. The van der Waals surface area contributed by atoms with Gasteiger partial charge in [0.2, 0.25) is 5.91 Å². The Morgan fingerprint density at radius 1 is 1.15 bits per heavy atom. The number of ether oxygens (including phenoxy) is 1. The van der Waals surface area contributed by atoms with Crippen LogP contribution in [0.25, 0.3) is 0 Å². The molecule has 1 aromatic heterocycles. The number of hydrogen-bond donors (Lipinski definition) is 2. The highest BCUT2D eigenvalue weighted by Crippen LogP contribution is 2.42. The molecule has 0 bridgehead atoms. The third-order valence-electron chi connectivity index (χ3n) is 5.11. The molecule has 2 aliphatic rings. The number of carbonyl (C=O) groups is 1. The number of benzene rings is 1. The predicted molar refractivity (Wildman–Crippen MR) is 108 cm³/mol. The van der Waals surface area contributed by atoms with Crippen molar-refractivity contribution in [3.05, 3.63) is 45.7 Å². The van der Waals surface area contributed by atoms with E-state index in [0.29, 0.717) is 17.1 Å². The number of anilines is 1. The summed E-state index contributed by atoms with van der Waals surface area (Å²) >= 11 is 1.49. The molecule has 1 atom stereocenters. The summed E-state index contributed by atoms with van der Waals surface area (Å²) in [5.41, 5.74) is 1.54. The Bertz CT molecular complexity index is 879. The fourth-order valence-corrected chi connectivity index (χ4v) is 5.06. The number of nitrogens with one attached hydrogen (secondary N) is 2. The number of rotatable bonds is 4. The second-order valence-corrected chi connectivity index (χ2v) is 8.58. The number of hydrogen-bond acceptors (Lipinski definition) is 4. The van der Waals surface area contributed by atoms with Gasteiger partial charge < -0.3 is 10.1 Å². The average molecular weight is 388 g/mol. The van der Waals surface area contributed by atoms with Crippen LogP contribution in [0, 0.1) is 0 Å². The van der Waals surface area contributed by atoms with Crippen molar-refractivity contribution in [1.29, 1.82) is 0 Å². The number of fused-ring (bicyclic) bond motifs is 1. The Kier molecular flexibility index (Phi) is 5.04. The Labute approximate surface area is 162 Å². The van der Waals surface area contributed by atoms with Crippen LogP contribution in [0.2, 0.25) is 0 Å². The molecule has 6 nitrogen and oxygen atoms in total. The first-order valence-corrected chi connectivity index (χ1v) is 10.6. The van der Waals surface area contributed by atoms with Crippen molar-refractivity contribution in [2.45, 2.75) is 56.9 Å². The second kappa shape index (κ2) is 7.46. The maximum Gasteiger partial charge on any atom is 0.270 e. The molecule has 1 fully saturated rings. The van der Waals surface area contributed by atoms with E-state index in [9.17, 15) is 9.59 Å². The molecular formula is C20H25N3O3S. The third kappa shape index (κ3) is 3.65. The normalized spacial score (nSPS) is 20.4. The topological polar surface area (TPSA) is 76.1 Å². The highest BCUT2D eigenvalue weighted by molar-refractivity contribution is 8.00. The number of thioether (sulfide) groups is 1. The Balaban J connectivity index is 1.73. The van der Waals surface area contributed by atoms with E-state index in [1.807, 2.05) is 42.8 Å². The molecule has 0 spiro atoms. The van der Waals surface area contributed by atoms with Crippen molar-refractivity contribution < 1.29 is 9.53 Å². The van der Waals surface area contributed by atoms with Crippen LogP contribution in [0.3, 0.4) is 0 Å². The zero-order chi connectivity index (χ0) is 19.0. The minimum atomic E-state index is -0.182. The number of carbonyl (C=O) groups excluding carboxylic acids is 1. The molecule has 27 heavy (non-hydrogen) atoms. The molecule has 2 aromatic rings. The van der Waals surface area contributed by atoms with Gasteiger partial charge in [-0.15, -0.1) is 11.8 Å². The summed E-state index contributed by atoms with van der Waals surface area (Å²) in [6.45, 7) is 3.98. The zero-order valence-corrected chi connectivity index (χ0v) is 16.5. The molecule has 0 radical (unpaired) electrons. The molecule has 2 N–H and O–H groups in total. The van der Waals surface area contributed by atoms with Crippen LogP contribution in [0.1, 0.15) is 61.9 Å². The lowest BCUT2D eigenvalue weighted by atomic mass is 10.1. The molecule has 1 aliphatic heterocycles. The van der Waals surface area contributed by atoms with Gasteiger partial charge in [-0.1, -0.05) is 25.0 Å². The first-order valence-electron chi connectivity index (χ1n) is 9.55. The summed E-state index contributed by atoms with van der Waals surface area (Å²) in [5, 5.41) is 5.78. The molecule has 1 amide bonds. The smallest absolute Gasteiger partial charge is 0.270 e. The van der Waals surface area contributed by atoms with Crippen molar-refractivity contribution in [3.8, 4) is 5.75 Å². The average Bonchev–Trinajstić information content (AvgIpc) is 3.21. The largest absolute Gasteiger partial charge is 0.491 e. The van der Waals surface area contributed by atoms with Gasteiger partial charge in [0, 0.05) is 0 Å². The first kappa shape index (κ1) is 18.2. The number of H-pyrrole nitrogens is 1. The van der Waals surface area contributed by atoms with E-state index >= 15 is 0 Å². The minimum absolute atomic E-state index is 0.0609. The molecule has 0 saturated heterocycles. The van der Waals surface area contributed by atoms with E-state index in [2.05, 4.69) is 10.4 Å². The fourth-order valence-electron chi connectivity index (χ4n) is 3.94. The van der Waals surface area contributed by atoms with Crippen molar-refractivity contribution in [2.75, 3.05) is 11.1 Å². The van der Waals surface area contributed by atoms with Gasteiger partial charge >= 0.3 is 0 Å². The van der Waals surface area contributed by atoms with Crippen LogP contribution in [0.4, 0.5) is 5.82 Å². The molecule has 7 heteroatoms. The summed E-state index contributed by atoms with van der Waals surface area (Å²) < 4.78 is 7.62. The van der Waals surface area contributed by atoms with Crippen LogP contribution in [-0.4, -0.2) is 27.5 Å². The van der Waals surface area contributed by atoms with Gasteiger partial charge in [0.25, 0.3) is 5.56 Å². The maximum atomic E-state index is 12.8. The molecule has 4 rings (SSSR count). The van der Waals surface area contributed by atoms with Crippen LogP contribution in [0.15, 0.2) is 29.1 Å². The summed E-state index contributed by atoms with van der Waals surface area (Å²) in [6, 6.07) is 8.09. The van der Waals surface area contributed by atoms with Crippen molar-refractivity contribution in [1.82, 2.24) is 9.78 Å². The molecular weight excluding hydrogens is 362 g/mol. The van der Waals surface area contributed by atoms with E-state index in [0.717, 1.165) is 37.0 Å². The van der Waals surface area contributed by atoms with Gasteiger partial charge in [-0.3, -0.25) is 19.4 Å². The van der Waals surface area contributed by atoms with Crippen LogP contribution in [0.5, 0.6) is 5.75 Å². The van der Waals surface area contributed by atoms with Crippen molar-refractivity contribution in [2.24, 2.45) is 0 Å². The third-order valence-corrected chi connectivity index (χ3v) is 6.38. The highest BCUT2D eigenvalue weighted by atomic mass is 32.2. The van der Waals surface area contributed by atoms with Crippen LogP contribution >= 0.6 is 11.8 Å². The van der Waals surface area contributed by atoms with Gasteiger partial charge in [0.1, 0.15) is 11.6 Å². The van der Waals surface area contributed by atoms with Gasteiger partial charge in [0.05, 0.1) is 28.7 Å². The number of nitrogens with zero attached hydrogens (tertiary/aromatic N) is 1. The van der Waals surface area contributed by atoms with E-state index in [4.69, 9.17) is 4.74 Å². The quantitative estimate of drug-likeness (QED) is 0.835. The molecule has 144 valence electrons. The lowest BCUT2D eigenvalue weighted by Crippen LogP contribution is -2.18. The van der Waals surface area contributed by atoms with Crippen molar-refractivity contribution in [3.63, 3.8) is 0 Å². The fraction of sp³-hybridized carbons (Fsp3) is 0.500. The lowest BCUT2D eigenvalue weighted by Gasteiger charge is -2.17. The molecule has 2 heterocycles. The van der Waals surface area contributed by atoms with E-state index in [1.54, 1.807) is 0 Å². The number of aromatic amines is 1. The minimum Gasteiger partial charge on any atom is -0.491 e. The summed E-state index contributed by atoms with van der Waals surface area (Å²) in [5.74, 6) is 1.72. The van der Waals surface area contributed by atoms with Gasteiger partial charge in [-0.25, -0.2) is 0 Å². The molecule has 0 unspecified atom stereocenters. The standard InChI is InChI=1S/C20H25N3O3S/c1-12(2)26-15-9-7-13(8-10-15)18-17-19(21-16(24)11-27-18)23(22-20(17)25)14-5-3-4-6-14/h7-10,12,14,18H,3-6,11H2,1-2H3,(H,21,24)(H,22,25)/t18-/m1/s1. The Hall–Kier alpha value is -2.15. The van der Waals surface area contributed by atoms with E-state index < -0.39 is 0 Å². The van der Waals surface area contributed by atoms with Crippen LogP contribution in [-0.2, 0) is 4.79 Å².